The molecule has 0 N–H and O–H groups in total. The summed E-state index contributed by atoms with van der Waals surface area (Å²) in [7, 11) is 5.48. The quantitative estimate of drug-likeness (QED) is 0.373. The van der Waals surface area contributed by atoms with Crippen molar-refractivity contribution >= 4 is 11.7 Å². The molecule has 0 fully saturated rings. The lowest BCUT2D eigenvalue weighted by Gasteiger charge is -2.25. The van der Waals surface area contributed by atoms with Gasteiger partial charge in [0.05, 0.1) is 25.3 Å². The molecule has 0 saturated heterocycles. The van der Waals surface area contributed by atoms with Crippen LogP contribution < -0.4 is 9.47 Å². The number of Topliss-reactive ketones (excluding diaryl/α,β-unsaturated/α-hetero) is 1. The minimum absolute atomic E-state index is 0.0412. The molecule has 0 atom stereocenters. The zero-order valence-electron chi connectivity index (χ0n) is 19.3. The number of rotatable bonds is 12. The Hall–Kier alpha value is -3.37. The van der Waals surface area contributed by atoms with E-state index in [1.54, 1.807) is 30.3 Å². The number of benzene rings is 2. The number of hydrogen-bond acceptors (Lipinski definition) is 6. The predicted octanol–water partition coefficient (Wildman–Crippen LogP) is 3.52. The highest BCUT2D eigenvalue weighted by atomic mass is 16.5. The molecule has 0 heterocycles. The average molecular weight is 438 g/mol. The third-order valence-corrected chi connectivity index (χ3v) is 4.99. The van der Waals surface area contributed by atoms with Crippen molar-refractivity contribution in [1.29, 1.82) is 5.26 Å². The molecule has 32 heavy (non-hydrogen) atoms. The maximum absolute atomic E-state index is 12.9. The van der Waals surface area contributed by atoms with Crippen LogP contribution in [0.25, 0.3) is 0 Å². The van der Waals surface area contributed by atoms with Gasteiger partial charge >= 0.3 is 0 Å². The Balaban J connectivity index is 1.93. The monoisotopic (exact) mass is 437 g/mol. The number of nitriles is 1. The van der Waals surface area contributed by atoms with Gasteiger partial charge in [0.2, 0.25) is 5.91 Å². The molecule has 0 aliphatic heterocycles. The molecule has 0 aliphatic rings. The molecule has 0 saturated carbocycles. The van der Waals surface area contributed by atoms with Crippen molar-refractivity contribution in [3.8, 4) is 17.6 Å². The van der Waals surface area contributed by atoms with Crippen molar-refractivity contribution in [3.05, 3.63) is 59.2 Å². The number of amides is 1. The third-order valence-electron chi connectivity index (χ3n) is 4.99. The third kappa shape index (κ3) is 7.71. The van der Waals surface area contributed by atoms with Crippen molar-refractivity contribution in [1.82, 2.24) is 9.80 Å². The predicted molar refractivity (Wildman–Crippen MR) is 123 cm³/mol. The maximum atomic E-state index is 12.9. The van der Waals surface area contributed by atoms with E-state index in [2.05, 4.69) is 6.07 Å². The topological polar surface area (TPSA) is 82.9 Å². The Kier molecular flexibility index (Phi) is 9.71. The summed E-state index contributed by atoms with van der Waals surface area (Å²) < 4.78 is 11.1. The number of hydrogen-bond donors (Lipinski definition) is 0. The van der Waals surface area contributed by atoms with E-state index in [1.165, 1.54) is 14.0 Å². The van der Waals surface area contributed by atoms with E-state index in [-0.39, 0.29) is 11.7 Å². The van der Waals surface area contributed by atoms with E-state index in [0.717, 1.165) is 12.1 Å². The first-order valence-electron chi connectivity index (χ1n) is 10.6. The average Bonchev–Trinajstić information content (AvgIpc) is 2.79. The Morgan fingerprint density at radius 3 is 2.34 bits per heavy atom. The van der Waals surface area contributed by atoms with E-state index in [1.807, 2.05) is 36.0 Å². The first kappa shape index (κ1) is 24.9. The van der Waals surface area contributed by atoms with E-state index < -0.39 is 0 Å². The maximum Gasteiger partial charge on any atom is 0.223 e. The fourth-order valence-electron chi connectivity index (χ4n) is 3.09. The van der Waals surface area contributed by atoms with Crippen molar-refractivity contribution in [3.63, 3.8) is 0 Å². The number of methoxy groups -OCH3 is 1. The smallest absolute Gasteiger partial charge is 0.223 e. The Morgan fingerprint density at radius 2 is 1.75 bits per heavy atom. The molecule has 7 heteroatoms. The first-order valence-corrected chi connectivity index (χ1v) is 10.6. The Morgan fingerprint density at radius 1 is 1.03 bits per heavy atom. The van der Waals surface area contributed by atoms with Crippen LogP contribution in [0.15, 0.2) is 42.5 Å². The zero-order valence-corrected chi connectivity index (χ0v) is 19.3. The lowest BCUT2D eigenvalue weighted by Crippen LogP contribution is -2.36. The van der Waals surface area contributed by atoms with Crippen molar-refractivity contribution in [2.24, 2.45) is 0 Å². The first-order chi connectivity index (χ1) is 15.3. The van der Waals surface area contributed by atoms with Gasteiger partial charge in [0.15, 0.2) is 17.3 Å². The van der Waals surface area contributed by atoms with Crippen LogP contribution in [0.4, 0.5) is 0 Å². The minimum atomic E-state index is -0.0412. The fraction of sp³-hybridized carbons (Fsp3) is 0.400. The lowest BCUT2D eigenvalue weighted by molar-refractivity contribution is -0.132. The normalized spacial score (nSPS) is 10.5. The summed E-state index contributed by atoms with van der Waals surface area (Å²) >= 11 is 0. The molecule has 170 valence electrons. The summed E-state index contributed by atoms with van der Waals surface area (Å²) in [5, 5.41) is 8.96. The molecule has 0 aromatic heterocycles. The van der Waals surface area contributed by atoms with Gasteiger partial charge in [0.25, 0.3) is 0 Å². The summed E-state index contributed by atoms with van der Waals surface area (Å²) in [5.41, 5.74) is 2.15. The van der Waals surface area contributed by atoms with Gasteiger partial charge in [-0.05, 0) is 63.3 Å². The van der Waals surface area contributed by atoms with E-state index in [9.17, 15) is 9.59 Å². The van der Waals surface area contributed by atoms with Crippen LogP contribution in [0, 0.1) is 11.3 Å². The number of nitrogens with zero attached hydrogens (tertiary/aromatic N) is 3. The van der Waals surface area contributed by atoms with Gasteiger partial charge in [-0.25, -0.2) is 0 Å². The van der Waals surface area contributed by atoms with Gasteiger partial charge in [-0.2, -0.15) is 5.26 Å². The van der Waals surface area contributed by atoms with Gasteiger partial charge in [-0.3, -0.25) is 9.59 Å². The van der Waals surface area contributed by atoms with Crippen molar-refractivity contribution in [2.75, 3.05) is 40.9 Å². The highest BCUT2D eigenvalue weighted by Gasteiger charge is 2.15. The molecule has 0 bridgehead atoms. The second-order valence-electron chi connectivity index (χ2n) is 7.80. The van der Waals surface area contributed by atoms with Crippen LogP contribution in [0.1, 0.15) is 41.3 Å². The molecule has 0 aliphatic carbocycles. The molecule has 2 aromatic carbocycles. The Labute approximate surface area is 190 Å². The van der Waals surface area contributed by atoms with Crippen LogP contribution in [0.5, 0.6) is 11.5 Å². The number of ether oxygens (including phenoxy) is 2. The highest BCUT2D eigenvalue weighted by molar-refractivity contribution is 5.94. The zero-order chi connectivity index (χ0) is 23.5. The molecule has 2 aromatic rings. The van der Waals surface area contributed by atoms with Gasteiger partial charge in [0.1, 0.15) is 0 Å². The number of carbonyl (C=O) groups is 2. The van der Waals surface area contributed by atoms with Gasteiger partial charge in [-0.1, -0.05) is 12.1 Å². The summed E-state index contributed by atoms with van der Waals surface area (Å²) in [6.45, 7) is 3.74. The largest absolute Gasteiger partial charge is 0.493 e. The van der Waals surface area contributed by atoms with Gasteiger partial charge in [0, 0.05) is 31.6 Å². The van der Waals surface area contributed by atoms with Gasteiger partial charge < -0.3 is 19.3 Å². The van der Waals surface area contributed by atoms with E-state index in [0.29, 0.717) is 55.2 Å². The summed E-state index contributed by atoms with van der Waals surface area (Å²) in [4.78, 5) is 28.3. The molecule has 2 rings (SSSR count). The summed E-state index contributed by atoms with van der Waals surface area (Å²) in [6.07, 6.45) is 0.917. The number of carbonyl (C=O) groups excluding carboxylic acids is 2. The minimum Gasteiger partial charge on any atom is -0.493 e. The molecular weight excluding hydrogens is 406 g/mol. The van der Waals surface area contributed by atoms with E-state index >= 15 is 0 Å². The molecule has 1 amide bonds. The lowest BCUT2D eigenvalue weighted by atomic mass is 10.1. The van der Waals surface area contributed by atoms with Crippen LogP contribution in [-0.2, 0) is 11.3 Å². The molecule has 0 spiro atoms. The standard InChI is InChI=1S/C25H31N3O4/c1-19(29)22-11-12-23(24(16-22)31-4)32-15-5-6-25(30)28(14-13-27(2)3)18-21-9-7-20(17-26)8-10-21/h7-12,16H,5-6,13-15,18H2,1-4H3. The second-order valence-corrected chi connectivity index (χ2v) is 7.80. The van der Waals surface area contributed by atoms with Crippen molar-refractivity contribution < 1.29 is 19.1 Å². The molecule has 0 unspecified atom stereocenters. The van der Waals surface area contributed by atoms with Crippen LogP contribution in [0.3, 0.4) is 0 Å². The molecule has 7 nitrogen and oxygen atoms in total. The highest BCUT2D eigenvalue weighted by Crippen LogP contribution is 2.28. The van der Waals surface area contributed by atoms with E-state index in [4.69, 9.17) is 14.7 Å². The fourth-order valence-corrected chi connectivity index (χ4v) is 3.09. The SMILES string of the molecule is COc1cc(C(C)=O)ccc1OCCCC(=O)N(CCN(C)C)Cc1ccc(C#N)cc1. The number of likely N-dealkylation sites (N-methyl/N-ethyl adjacent to an activating group) is 1. The summed E-state index contributed by atoms with van der Waals surface area (Å²) in [5.74, 6) is 1.06. The Bertz CT molecular complexity index is 949. The number of ketones is 1. The second kappa shape index (κ2) is 12.5. The van der Waals surface area contributed by atoms with Crippen LogP contribution >= 0.6 is 0 Å². The summed E-state index contributed by atoms with van der Waals surface area (Å²) in [6, 6.07) is 14.5. The van der Waals surface area contributed by atoms with Gasteiger partial charge in [-0.15, -0.1) is 0 Å². The molecule has 0 radical (unpaired) electrons. The van der Waals surface area contributed by atoms with Crippen LogP contribution in [0.2, 0.25) is 0 Å². The van der Waals surface area contributed by atoms with Crippen LogP contribution in [-0.4, -0.2) is 62.4 Å². The molecular formula is C25H31N3O4. The van der Waals surface area contributed by atoms with Crippen molar-refractivity contribution in [2.45, 2.75) is 26.3 Å².